The van der Waals surface area contributed by atoms with Crippen LogP contribution in [0.4, 0.5) is 0 Å². The second-order valence-corrected chi connectivity index (χ2v) is 8.09. The minimum absolute atomic E-state index is 0.00825. The number of fused-ring (bicyclic) bond motifs is 2. The van der Waals surface area contributed by atoms with Gasteiger partial charge >= 0.3 is 0 Å². The second-order valence-electron chi connectivity index (χ2n) is 8.09. The van der Waals surface area contributed by atoms with Gasteiger partial charge in [0.15, 0.2) is 0 Å². The van der Waals surface area contributed by atoms with Gasteiger partial charge in [0.05, 0.1) is 14.2 Å². The van der Waals surface area contributed by atoms with Gasteiger partial charge in [-0.3, -0.25) is 9.69 Å². The van der Waals surface area contributed by atoms with Gasteiger partial charge in [-0.1, -0.05) is 24.6 Å². The van der Waals surface area contributed by atoms with Crippen molar-refractivity contribution in [1.29, 1.82) is 0 Å². The van der Waals surface area contributed by atoms with Crippen molar-refractivity contribution >= 4 is 5.91 Å². The van der Waals surface area contributed by atoms with Crippen LogP contribution in [-0.2, 0) is 6.54 Å². The molecule has 2 aliphatic rings. The normalized spacial score (nSPS) is 24.0. The zero-order chi connectivity index (χ0) is 20.2. The zero-order valence-corrected chi connectivity index (χ0v) is 17.3. The fraction of sp³-hybridized carbons (Fsp3) is 0.458. The fourth-order valence-corrected chi connectivity index (χ4v) is 4.90. The number of benzene rings is 2. The first-order chi connectivity index (χ1) is 14.2. The summed E-state index contributed by atoms with van der Waals surface area (Å²) in [6, 6.07) is 16.9. The zero-order valence-electron chi connectivity index (χ0n) is 17.3. The van der Waals surface area contributed by atoms with Crippen LogP contribution in [0.5, 0.6) is 11.5 Å². The van der Waals surface area contributed by atoms with Gasteiger partial charge in [-0.05, 0) is 56.0 Å². The molecule has 2 atom stereocenters. The maximum absolute atomic E-state index is 12.7. The lowest BCUT2D eigenvalue weighted by Crippen LogP contribution is -2.56. The van der Waals surface area contributed by atoms with E-state index in [1.165, 1.54) is 24.8 Å². The summed E-state index contributed by atoms with van der Waals surface area (Å²) in [5, 5.41) is 3.28. The summed E-state index contributed by atoms with van der Waals surface area (Å²) in [5.41, 5.74) is 1.93. The maximum atomic E-state index is 12.7. The highest BCUT2D eigenvalue weighted by atomic mass is 16.5. The Morgan fingerprint density at radius 1 is 1.00 bits per heavy atom. The quantitative estimate of drug-likeness (QED) is 0.804. The molecular weight excluding hydrogens is 364 g/mol. The number of piperidine rings is 2. The van der Waals surface area contributed by atoms with Crippen LogP contribution in [0, 0.1) is 0 Å². The molecule has 2 saturated heterocycles. The Morgan fingerprint density at radius 2 is 1.69 bits per heavy atom. The lowest BCUT2D eigenvalue weighted by molar-refractivity contribution is 0.0172. The molecule has 2 unspecified atom stereocenters. The number of carbonyl (C=O) groups excluding carboxylic acids is 1. The van der Waals surface area contributed by atoms with Gasteiger partial charge in [-0.25, -0.2) is 0 Å². The van der Waals surface area contributed by atoms with Crippen LogP contribution in [0.25, 0.3) is 0 Å². The number of amides is 1. The second kappa shape index (κ2) is 8.87. The summed E-state index contributed by atoms with van der Waals surface area (Å²) in [7, 11) is 3.37. The number of nitrogens with zero attached hydrogens (tertiary/aromatic N) is 1. The van der Waals surface area contributed by atoms with Gasteiger partial charge in [0.2, 0.25) is 0 Å². The van der Waals surface area contributed by atoms with Crippen LogP contribution < -0.4 is 14.8 Å². The van der Waals surface area contributed by atoms with Crippen molar-refractivity contribution in [1.82, 2.24) is 10.2 Å². The number of carbonyl (C=O) groups is 1. The Kier molecular flexibility index (Phi) is 6.05. The van der Waals surface area contributed by atoms with E-state index in [-0.39, 0.29) is 11.9 Å². The SMILES string of the molecule is COc1ccc(C(=O)NC2CC3CCCC(C2)N3Cc2ccccc2OC)cc1. The lowest BCUT2D eigenvalue weighted by atomic mass is 9.81. The molecule has 2 aromatic carbocycles. The van der Waals surface area contributed by atoms with Gasteiger partial charge < -0.3 is 14.8 Å². The van der Waals surface area contributed by atoms with Crippen LogP contribution in [-0.4, -0.2) is 43.2 Å². The number of ether oxygens (including phenoxy) is 2. The molecule has 5 heteroatoms. The van der Waals surface area contributed by atoms with E-state index in [0.29, 0.717) is 17.6 Å². The highest BCUT2D eigenvalue weighted by Gasteiger charge is 2.38. The number of para-hydroxylation sites is 1. The van der Waals surface area contributed by atoms with Gasteiger partial charge in [0.25, 0.3) is 5.91 Å². The van der Waals surface area contributed by atoms with Gasteiger partial charge in [-0.15, -0.1) is 0 Å². The number of hydrogen-bond acceptors (Lipinski definition) is 4. The number of rotatable bonds is 6. The summed E-state index contributed by atoms with van der Waals surface area (Å²) in [6.45, 7) is 0.915. The summed E-state index contributed by atoms with van der Waals surface area (Å²) in [5.74, 6) is 1.73. The molecule has 0 spiro atoms. The predicted octanol–water partition coefficient (Wildman–Crippen LogP) is 4.02. The summed E-state index contributed by atoms with van der Waals surface area (Å²) in [4.78, 5) is 15.3. The van der Waals surface area contributed by atoms with Crippen molar-refractivity contribution in [2.24, 2.45) is 0 Å². The van der Waals surface area contributed by atoms with E-state index in [1.807, 2.05) is 36.4 Å². The molecule has 2 bridgehead atoms. The number of methoxy groups -OCH3 is 2. The van der Waals surface area contributed by atoms with E-state index in [9.17, 15) is 4.79 Å². The topological polar surface area (TPSA) is 50.8 Å². The van der Waals surface area contributed by atoms with E-state index in [1.54, 1.807) is 14.2 Å². The number of hydrogen-bond donors (Lipinski definition) is 1. The van der Waals surface area contributed by atoms with E-state index >= 15 is 0 Å². The van der Waals surface area contributed by atoms with E-state index in [0.717, 1.165) is 30.9 Å². The van der Waals surface area contributed by atoms with Crippen molar-refractivity contribution in [3.8, 4) is 11.5 Å². The van der Waals surface area contributed by atoms with E-state index < -0.39 is 0 Å². The molecule has 2 heterocycles. The molecule has 29 heavy (non-hydrogen) atoms. The average molecular weight is 395 g/mol. The molecule has 0 radical (unpaired) electrons. The average Bonchev–Trinajstić information content (AvgIpc) is 2.74. The van der Waals surface area contributed by atoms with Crippen LogP contribution >= 0.6 is 0 Å². The fourth-order valence-electron chi connectivity index (χ4n) is 4.90. The first-order valence-corrected chi connectivity index (χ1v) is 10.5. The first-order valence-electron chi connectivity index (χ1n) is 10.5. The van der Waals surface area contributed by atoms with Gasteiger partial charge in [0.1, 0.15) is 11.5 Å². The summed E-state index contributed by atoms with van der Waals surface area (Å²) >= 11 is 0. The van der Waals surface area contributed by atoms with Crippen molar-refractivity contribution in [2.75, 3.05) is 14.2 Å². The molecule has 4 rings (SSSR count). The summed E-state index contributed by atoms with van der Waals surface area (Å²) in [6.07, 6.45) is 5.68. The molecule has 0 aliphatic carbocycles. The monoisotopic (exact) mass is 394 g/mol. The van der Waals surface area contributed by atoms with Crippen LogP contribution in [0.15, 0.2) is 48.5 Å². The third-order valence-electron chi connectivity index (χ3n) is 6.36. The standard InChI is InChI=1S/C24H30N2O3/c1-28-22-12-10-17(11-13-22)24(27)25-19-14-20-7-5-8-21(15-19)26(20)16-18-6-3-4-9-23(18)29-2/h3-4,6,9-13,19-21H,5,7-8,14-16H2,1-2H3,(H,25,27). The Morgan fingerprint density at radius 3 is 2.34 bits per heavy atom. The van der Waals surface area contributed by atoms with Crippen LogP contribution in [0.1, 0.15) is 48.0 Å². The molecule has 1 amide bonds. The molecule has 2 fully saturated rings. The van der Waals surface area contributed by atoms with Crippen molar-refractivity contribution in [3.63, 3.8) is 0 Å². The van der Waals surface area contributed by atoms with Gasteiger partial charge in [0, 0.05) is 35.8 Å². The van der Waals surface area contributed by atoms with Crippen molar-refractivity contribution < 1.29 is 14.3 Å². The Hall–Kier alpha value is -2.53. The third-order valence-corrected chi connectivity index (χ3v) is 6.36. The molecule has 0 aromatic heterocycles. The molecule has 154 valence electrons. The first kappa shape index (κ1) is 19.8. The highest BCUT2D eigenvalue weighted by molar-refractivity contribution is 5.94. The molecule has 1 N–H and O–H groups in total. The Balaban J connectivity index is 1.41. The molecular formula is C24H30N2O3. The molecule has 2 aromatic rings. The van der Waals surface area contributed by atoms with E-state index in [4.69, 9.17) is 9.47 Å². The minimum Gasteiger partial charge on any atom is -0.497 e. The third kappa shape index (κ3) is 4.40. The van der Waals surface area contributed by atoms with E-state index in [2.05, 4.69) is 22.3 Å². The largest absolute Gasteiger partial charge is 0.497 e. The van der Waals surface area contributed by atoms with Gasteiger partial charge in [-0.2, -0.15) is 0 Å². The minimum atomic E-state index is 0.00825. The smallest absolute Gasteiger partial charge is 0.251 e. The lowest BCUT2D eigenvalue weighted by Gasteiger charge is -2.49. The predicted molar refractivity (Wildman–Crippen MR) is 113 cm³/mol. The van der Waals surface area contributed by atoms with Crippen LogP contribution in [0.3, 0.4) is 0 Å². The molecule has 0 saturated carbocycles. The molecule has 5 nitrogen and oxygen atoms in total. The Bertz CT molecular complexity index is 822. The van der Waals surface area contributed by atoms with Crippen LogP contribution in [0.2, 0.25) is 0 Å². The highest BCUT2D eigenvalue weighted by Crippen LogP contribution is 2.36. The van der Waals surface area contributed by atoms with Crippen molar-refractivity contribution in [2.45, 2.75) is 56.8 Å². The summed E-state index contributed by atoms with van der Waals surface area (Å²) < 4.78 is 10.7. The molecule has 2 aliphatic heterocycles. The number of nitrogens with one attached hydrogen (secondary N) is 1. The van der Waals surface area contributed by atoms with Crippen molar-refractivity contribution in [3.05, 3.63) is 59.7 Å². The Labute approximate surface area is 173 Å². The maximum Gasteiger partial charge on any atom is 0.251 e.